The molecule has 0 aliphatic carbocycles. The number of furan rings is 1. The largest absolute Gasteiger partial charge is 0.481 e. The predicted octanol–water partition coefficient (Wildman–Crippen LogP) is 2.58. The molecule has 0 aromatic carbocycles. The highest BCUT2D eigenvalue weighted by molar-refractivity contribution is 9.10. The molecule has 0 bridgehead atoms. The third-order valence-electron chi connectivity index (χ3n) is 3.09. The van der Waals surface area contributed by atoms with Crippen LogP contribution in [0.25, 0.3) is 0 Å². The number of nitrogens with zero attached hydrogens (tertiary/aromatic N) is 1. The predicted molar refractivity (Wildman–Crippen MR) is 66.6 cm³/mol. The van der Waals surface area contributed by atoms with Gasteiger partial charge < -0.3 is 9.52 Å². The smallest absolute Gasteiger partial charge is 0.307 e. The molecule has 0 spiro atoms. The maximum Gasteiger partial charge on any atom is 0.307 e. The summed E-state index contributed by atoms with van der Waals surface area (Å²) in [6, 6.07) is 3.77. The molecule has 1 aliphatic rings. The van der Waals surface area contributed by atoms with Crippen LogP contribution in [0.2, 0.25) is 0 Å². The zero-order valence-electron chi connectivity index (χ0n) is 9.73. The lowest BCUT2D eigenvalue weighted by molar-refractivity contribution is -0.144. The normalized spacial score (nSPS) is 26.0. The molecule has 2 rings (SSSR count). The fourth-order valence-corrected chi connectivity index (χ4v) is 2.77. The Labute approximate surface area is 109 Å². The van der Waals surface area contributed by atoms with Crippen molar-refractivity contribution in [1.82, 2.24) is 4.90 Å². The van der Waals surface area contributed by atoms with Crippen molar-refractivity contribution in [1.29, 1.82) is 0 Å². The van der Waals surface area contributed by atoms with E-state index in [-0.39, 0.29) is 5.92 Å². The molecule has 1 aromatic rings. The van der Waals surface area contributed by atoms with E-state index >= 15 is 0 Å². The van der Waals surface area contributed by atoms with Crippen molar-refractivity contribution in [2.75, 3.05) is 13.1 Å². The first kappa shape index (κ1) is 12.6. The molecule has 1 aromatic heterocycles. The minimum absolute atomic E-state index is 0.253. The highest BCUT2D eigenvalue weighted by Crippen LogP contribution is 2.24. The van der Waals surface area contributed by atoms with Gasteiger partial charge in [0.15, 0.2) is 4.67 Å². The van der Waals surface area contributed by atoms with Crippen LogP contribution in [0.1, 0.15) is 19.1 Å². The number of hydrogen-bond acceptors (Lipinski definition) is 3. The molecule has 17 heavy (non-hydrogen) atoms. The van der Waals surface area contributed by atoms with E-state index in [4.69, 9.17) is 9.52 Å². The van der Waals surface area contributed by atoms with Crippen molar-refractivity contribution in [2.24, 2.45) is 11.8 Å². The SMILES string of the molecule is CC1CC(C(=O)O)CN(Cc2ccc(Br)o2)C1. The quantitative estimate of drug-likeness (QED) is 0.932. The first-order valence-corrected chi connectivity index (χ1v) is 6.53. The van der Waals surface area contributed by atoms with Gasteiger partial charge >= 0.3 is 5.97 Å². The summed E-state index contributed by atoms with van der Waals surface area (Å²) >= 11 is 3.26. The van der Waals surface area contributed by atoms with Crippen LogP contribution in [0.3, 0.4) is 0 Å². The van der Waals surface area contributed by atoms with Crippen LogP contribution in [0, 0.1) is 11.8 Å². The van der Waals surface area contributed by atoms with Crippen LogP contribution in [0.4, 0.5) is 0 Å². The number of carboxylic acids is 1. The second kappa shape index (κ2) is 5.23. The van der Waals surface area contributed by atoms with E-state index in [2.05, 4.69) is 27.8 Å². The van der Waals surface area contributed by atoms with E-state index < -0.39 is 5.97 Å². The first-order chi connectivity index (χ1) is 8.04. The van der Waals surface area contributed by atoms with Gasteiger partial charge in [0.1, 0.15) is 5.76 Å². The third kappa shape index (κ3) is 3.33. The van der Waals surface area contributed by atoms with Gasteiger partial charge in [-0.15, -0.1) is 0 Å². The van der Waals surface area contributed by atoms with Crippen LogP contribution in [-0.4, -0.2) is 29.1 Å². The number of aliphatic carboxylic acids is 1. The lowest BCUT2D eigenvalue weighted by Crippen LogP contribution is -2.41. The molecule has 1 aliphatic heterocycles. The average Bonchev–Trinajstić information content (AvgIpc) is 2.63. The van der Waals surface area contributed by atoms with E-state index in [1.165, 1.54) is 0 Å². The molecule has 0 saturated carbocycles. The molecule has 0 amide bonds. The van der Waals surface area contributed by atoms with Crippen LogP contribution in [0.5, 0.6) is 0 Å². The summed E-state index contributed by atoms with van der Waals surface area (Å²) < 4.78 is 6.16. The number of piperidine rings is 1. The Hall–Kier alpha value is -0.810. The van der Waals surface area contributed by atoms with Gasteiger partial charge in [-0.05, 0) is 40.4 Å². The van der Waals surface area contributed by atoms with E-state index in [1.54, 1.807) is 0 Å². The fourth-order valence-electron chi connectivity index (χ4n) is 2.43. The molecular weight excluding hydrogens is 286 g/mol. The summed E-state index contributed by atoms with van der Waals surface area (Å²) in [4.78, 5) is 13.2. The summed E-state index contributed by atoms with van der Waals surface area (Å²) in [5.74, 6) is 0.345. The van der Waals surface area contributed by atoms with Gasteiger partial charge in [0.25, 0.3) is 0 Å². The topological polar surface area (TPSA) is 53.7 Å². The molecule has 1 fully saturated rings. The third-order valence-corrected chi connectivity index (χ3v) is 3.52. The van der Waals surface area contributed by atoms with E-state index in [0.717, 1.165) is 18.7 Å². The molecule has 1 N–H and O–H groups in total. The van der Waals surface area contributed by atoms with Gasteiger partial charge in [-0.25, -0.2) is 0 Å². The summed E-state index contributed by atoms with van der Waals surface area (Å²) in [5.41, 5.74) is 0. The molecule has 2 heterocycles. The van der Waals surface area contributed by atoms with Crippen molar-refractivity contribution in [3.63, 3.8) is 0 Å². The molecule has 1 saturated heterocycles. The van der Waals surface area contributed by atoms with Crippen molar-refractivity contribution in [3.05, 3.63) is 22.6 Å². The Kier molecular flexibility index (Phi) is 3.89. The van der Waals surface area contributed by atoms with E-state index in [1.807, 2.05) is 12.1 Å². The monoisotopic (exact) mass is 301 g/mol. The molecule has 94 valence electrons. The number of carboxylic acid groups (broad SMARTS) is 1. The summed E-state index contributed by atoms with van der Waals surface area (Å²) in [6.45, 7) is 4.32. The zero-order chi connectivity index (χ0) is 12.4. The van der Waals surface area contributed by atoms with Crippen molar-refractivity contribution in [3.8, 4) is 0 Å². The molecular formula is C12H16BrNO3. The second-order valence-corrected chi connectivity index (χ2v) is 5.56. The second-order valence-electron chi connectivity index (χ2n) is 4.78. The van der Waals surface area contributed by atoms with Crippen molar-refractivity contribution >= 4 is 21.9 Å². The van der Waals surface area contributed by atoms with Gasteiger partial charge in [0.05, 0.1) is 12.5 Å². The van der Waals surface area contributed by atoms with Gasteiger partial charge in [0.2, 0.25) is 0 Å². The van der Waals surface area contributed by atoms with E-state index in [9.17, 15) is 4.79 Å². The fraction of sp³-hybridized carbons (Fsp3) is 0.583. The summed E-state index contributed by atoms with van der Waals surface area (Å²) in [7, 11) is 0. The highest BCUT2D eigenvalue weighted by Gasteiger charge is 2.29. The minimum atomic E-state index is -0.692. The number of hydrogen-bond donors (Lipinski definition) is 1. The number of halogens is 1. The Bertz CT molecular complexity index is 404. The summed E-state index contributed by atoms with van der Waals surface area (Å²) in [6.07, 6.45) is 0.772. The first-order valence-electron chi connectivity index (χ1n) is 5.74. The van der Waals surface area contributed by atoms with Crippen LogP contribution in [-0.2, 0) is 11.3 Å². The van der Waals surface area contributed by atoms with Gasteiger partial charge in [-0.2, -0.15) is 0 Å². The van der Waals surface area contributed by atoms with Crippen LogP contribution < -0.4 is 0 Å². The standard InChI is InChI=1S/C12H16BrNO3/c1-8-4-9(12(15)16)6-14(5-8)7-10-2-3-11(13)17-10/h2-3,8-9H,4-7H2,1H3,(H,15,16). The van der Waals surface area contributed by atoms with E-state index in [0.29, 0.717) is 23.7 Å². The summed E-state index contributed by atoms with van der Waals surface area (Å²) in [5, 5.41) is 9.09. The van der Waals surface area contributed by atoms with Crippen LogP contribution in [0.15, 0.2) is 21.2 Å². The van der Waals surface area contributed by atoms with Crippen molar-refractivity contribution in [2.45, 2.75) is 19.9 Å². The van der Waals surface area contributed by atoms with Crippen LogP contribution >= 0.6 is 15.9 Å². The Morgan fingerprint density at radius 3 is 2.94 bits per heavy atom. The molecule has 2 atom stereocenters. The van der Waals surface area contributed by atoms with Gasteiger partial charge in [-0.3, -0.25) is 9.69 Å². The molecule has 2 unspecified atom stereocenters. The molecule has 0 radical (unpaired) electrons. The van der Waals surface area contributed by atoms with Gasteiger partial charge in [-0.1, -0.05) is 6.92 Å². The Balaban J connectivity index is 1.98. The lowest BCUT2D eigenvalue weighted by atomic mass is 9.90. The molecule has 5 heteroatoms. The van der Waals surface area contributed by atoms with Crippen molar-refractivity contribution < 1.29 is 14.3 Å². The average molecular weight is 302 g/mol. The zero-order valence-corrected chi connectivity index (χ0v) is 11.3. The van der Waals surface area contributed by atoms with Gasteiger partial charge in [0, 0.05) is 13.1 Å². The highest BCUT2D eigenvalue weighted by atomic mass is 79.9. The minimum Gasteiger partial charge on any atom is -0.481 e. The molecule has 4 nitrogen and oxygen atoms in total. The maximum absolute atomic E-state index is 11.0. The number of carbonyl (C=O) groups is 1. The maximum atomic E-state index is 11.0. The Morgan fingerprint density at radius 2 is 2.35 bits per heavy atom. The number of rotatable bonds is 3. The lowest BCUT2D eigenvalue weighted by Gasteiger charge is -2.33. The number of likely N-dealkylation sites (tertiary alicyclic amines) is 1. The Morgan fingerprint density at radius 1 is 1.59 bits per heavy atom.